The molecule has 24 heavy (non-hydrogen) atoms. The van der Waals surface area contributed by atoms with E-state index < -0.39 is 0 Å². The number of rotatable bonds is 5. The molecule has 1 saturated carbocycles. The molecule has 1 heterocycles. The molecule has 1 atom stereocenters. The van der Waals surface area contributed by atoms with Crippen molar-refractivity contribution >= 4 is 29.9 Å². The maximum Gasteiger partial charge on any atom is 0.193 e. The van der Waals surface area contributed by atoms with E-state index in [0.29, 0.717) is 5.92 Å². The highest BCUT2D eigenvalue weighted by Gasteiger charge is 2.44. The molecule has 0 aromatic heterocycles. The number of ether oxygens (including phenoxy) is 1. The Hall–Kier alpha value is -0.890. The monoisotopic (exact) mass is 447 g/mol. The fourth-order valence-electron chi connectivity index (χ4n) is 3.37. The molecule has 4 nitrogen and oxygen atoms in total. The number of halogens is 2. The topological polar surface area (TPSA) is 36.9 Å². The number of guanidine groups is 1. The van der Waals surface area contributed by atoms with Crippen molar-refractivity contribution < 1.29 is 9.13 Å². The first-order valence-corrected chi connectivity index (χ1v) is 8.38. The third kappa shape index (κ3) is 4.59. The molecule has 1 unspecified atom stereocenters. The summed E-state index contributed by atoms with van der Waals surface area (Å²) in [5.41, 5.74) is 1.15. The first-order chi connectivity index (χ1) is 11.1. The summed E-state index contributed by atoms with van der Waals surface area (Å²) in [7, 11) is 3.88. The van der Waals surface area contributed by atoms with Gasteiger partial charge in [-0.25, -0.2) is 4.39 Å². The van der Waals surface area contributed by atoms with Crippen LogP contribution in [0, 0.1) is 11.7 Å². The lowest BCUT2D eigenvalue weighted by Crippen LogP contribution is -2.44. The predicted molar refractivity (Wildman–Crippen MR) is 106 cm³/mol. The van der Waals surface area contributed by atoms with E-state index >= 15 is 0 Å². The molecule has 6 heteroatoms. The SMILES string of the molecule is CN=C(NCC1(c2cccc(F)c2)CC1)N(C)CC1CCOC1.I. The average molecular weight is 447 g/mol. The van der Waals surface area contributed by atoms with Crippen LogP contribution < -0.4 is 5.32 Å². The second kappa shape index (κ2) is 8.47. The lowest BCUT2D eigenvalue weighted by atomic mass is 9.96. The smallest absolute Gasteiger partial charge is 0.193 e. The Morgan fingerprint density at radius 1 is 1.46 bits per heavy atom. The van der Waals surface area contributed by atoms with Gasteiger partial charge >= 0.3 is 0 Å². The van der Waals surface area contributed by atoms with Crippen molar-refractivity contribution in [2.24, 2.45) is 10.9 Å². The Kier molecular flexibility index (Phi) is 6.86. The number of hydrogen-bond donors (Lipinski definition) is 1. The number of aliphatic imine (C=N–C) groups is 1. The van der Waals surface area contributed by atoms with Gasteiger partial charge in [-0.3, -0.25) is 4.99 Å². The van der Waals surface area contributed by atoms with Gasteiger partial charge in [-0.2, -0.15) is 0 Å². The van der Waals surface area contributed by atoms with E-state index in [9.17, 15) is 4.39 Å². The number of hydrogen-bond acceptors (Lipinski definition) is 2. The molecule has 3 rings (SSSR count). The fraction of sp³-hybridized carbons (Fsp3) is 0.611. The maximum atomic E-state index is 13.5. The minimum absolute atomic E-state index is 0. The molecule has 1 aromatic carbocycles. The zero-order valence-corrected chi connectivity index (χ0v) is 16.8. The van der Waals surface area contributed by atoms with Crippen molar-refractivity contribution in [1.29, 1.82) is 0 Å². The molecule has 2 aliphatic rings. The zero-order chi connectivity index (χ0) is 16.3. The summed E-state index contributed by atoms with van der Waals surface area (Å²) in [4.78, 5) is 6.56. The standard InChI is InChI=1S/C18H26FN3O.HI/c1-20-17(22(2)11-14-6-9-23-12-14)21-13-18(7-8-18)15-4-3-5-16(19)10-15;/h3-5,10,14H,6-9,11-13H2,1-2H3,(H,20,21);1H. The molecular formula is C18H27FIN3O. The van der Waals surface area contributed by atoms with Gasteiger partial charge in [0.2, 0.25) is 0 Å². The van der Waals surface area contributed by atoms with E-state index in [0.717, 1.165) is 57.1 Å². The summed E-state index contributed by atoms with van der Waals surface area (Å²) >= 11 is 0. The van der Waals surface area contributed by atoms with Crippen LogP contribution in [0.3, 0.4) is 0 Å². The van der Waals surface area contributed by atoms with Crippen molar-refractivity contribution in [2.75, 3.05) is 40.4 Å². The van der Waals surface area contributed by atoms with Crippen molar-refractivity contribution in [1.82, 2.24) is 10.2 Å². The molecular weight excluding hydrogens is 420 g/mol. The highest BCUT2D eigenvalue weighted by atomic mass is 127. The molecule has 1 aromatic rings. The number of nitrogens with one attached hydrogen (secondary N) is 1. The van der Waals surface area contributed by atoms with Crippen LogP contribution in [0.1, 0.15) is 24.8 Å². The minimum Gasteiger partial charge on any atom is -0.381 e. The lowest BCUT2D eigenvalue weighted by molar-refractivity contribution is 0.181. The molecule has 0 bridgehead atoms. The van der Waals surface area contributed by atoms with Crippen molar-refractivity contribution in [3.63, 3.8) is 0 Å². The number of nitrogens with zero attached hydrogens (tertiary/aromatic N) is 2. The minimum atomic E-state index is -0.156. The van der Waals surface area contributed by atoms with Crippen LogP contribution in [0.4, 0.5) is 4.39 Å². The molecule has 1 N–H and O–H groups in total. The van der Waals surface area contributed by atoms with Gasteiger partial charge in [-0.1, -0.05) is 12.1 Å². The molecule has 134 valence electrons. The van der Waals surface area contributed by atoms with Gasteiger partial charge in [0.15, 0.2) is 5.96 Å². The number of benzene rings is 1. The predicted octanol–water partition coefficient (Wildman–Crippen LogP) is 3.02. The van der Waals surface area contributed by atoms with Crippen molar-refractivity contribution in [2.45, 2.75) is 24.7 Å². The Bertz CT molecular complexity index is 571. The van der Waals surface area contributed by atoms with Crippen LogP contribution >= 0.6 is 24.0 Å². The van der Waals surface area contributed by atoms with E-state index in [4.69, 9.17) is 4.74 Å². The second-order valence-corrected chi connectivity index (χ2v) is 6.80. The lowest BCUT2D eigenvalue weighted by Gasteiger charge is -2.26. The van der Waals surface area contributed by atoms with E-state index in [1.807, 2.05) is 13.1 Å². The van der Waals surface area contributed by atoms with Crippen LogP contribution in [-0.4, -0.2) is 51.3 Å². The summed E-state index contributed by atoms with van der Waals surface area (Å²) in [6, 6.07) is 6.99. The Balaban J connectivity index is 0.00000208. The first kappa shape index (κ1) is 19.4. The van der Waals surface area contributed by atoms with Crippen LogP contribution in [0.5, 0.6) is 0 Å². The van der Waals surface area contributed by atoms with E-state index in [-0.39, 0.29) is 35.2 Å². The van der Waals surface area contributed by atoms with Gasteiger partial charge in [0.1, 0.15) is 5.82 Å². The molecule has 0 spiro atoms. The van der Waals surface area contributed by atoms with Gasteiger partial charge < -0.3 is 15.0 Å². The summed E-state index contributed by atoms with van der Waals surface area (Å²) in [6.07, 6.45) is 3.32. The summed E-state index contributed by atoms with van der Waals surface area (Å²) in [6.45, 7) is 3.46. The summed E-state index contributed by atoms with van der Waals surface area (Å²) < 4.78 is 18.9. The Morgan fingerprint density at radius 2 is 2.25 bits per heavy atom. The van der Waals surface area contributed by atoms with Crippen LogP contribution in [0.2, 0.25) is 0 Å². The summed E-state index contributed by atoms with van der Waals surface area (Å²) in [5, 5.41) is 3.48. The van der Waals surface area contributed by atoms with Crippen molar-refractivity contribution in [3.05, 3.63) is 35.6 Å². The van der Waals surface area contributed by atoms with Crippen LogP contribution in [-0.2, 0) is 10.2 Å². The maximum absolute atomic E-state index is 13.5. The third-order valence-electron chi connectivity index (χ3n) is 5.00. The first-order valence-electron chi connectivity index (χ1n) is 8.38. The second-order valence-electron chi connectivity index (χ2n) is 6.80. The quantitative estimate of drug-likeness (QED) is 0.429. The van der Waals surface area contributed by atoms with Crippen LogP contribution in [0.25, 0.3) is 0 Å². The molecule has 0 amide bonds. The van der Waals surface area contributed by atoms with E-state index in [1.165, 1.54) is 6.07 Å². The van der Waals surface area contributed by atoms with Gasteiger partial charge in [-0.05, 0) is 37.0 Å². The van der Waals surface area contributed by atoms with Crippen LogP contribution in [0.15, 0.2) is 29.3 Å². The Labute approximate surface area is 160 Å². The average Bonchev–Trinajstić information content (AvgIpc) is 3.16. The Morgan fingerprint density at radius 3 is 2.83 bits per heavy atom. The molecule has 1 aliphatic carbocycles. The largest absolute Gasteiger partial charge is 0.381 e. The van der Waals surface area contributed by atoms with Crippen molar-refractivity contribution in [3.8, 4) is 0 Å². The van der Waals surface area contributed by atoms with Gasteiger partial charge in [-0.15, -0.1) is 24.0 Å². The fourth-order valence-corrected chi connectivity index (χ4v) is 3.37. The molecule has 1 saturated heterocycles. The zero-order valence-electron chi connectivity index (χ0n) is 14.4. The molecule has 1 aliphatic heterocycles. The molecule has 2 fully saturated rings. The third-order valence-corrected chi connectivity index (χ3v) is 5.00. The van der Waals surface area contributed by atoms with E-state index in [2.05, 4.69) is 22.3 Å². The van der Waals surface area contributed by atoms with E-state index in [1.54, 1.807) is 12.1 Å². The summed E-state index contributed by atoms with van der Waals surface area (Å²) in [5.74, 6) is 1.33. The normalized spacial score (nSPS) is 22.0. The van der Waals surface area contributed by atoms with Gasteiger partial charge in [0.25, 0.3) is 0 Å². The highest BCUT2D eigenvalue weighted by Crippen LogP contribution is 2.47. The van der Waals surface area contributed by atoms with Gasteiger partial charge in [0, 0.05) is 45.1 Å². The highest BCUT2D eigenvalue weighted by molar-refractivity contribution is 14.0. The molecule has 0 radical (unpaired) electrons. The van der Waals surface area contributed by atoms with Gasteiger partial charge in [0.05, 0.1) is 6.61 Å².